The fourth-order valence-electron chi connectivity index (χ4n) is 1.42. The zero-order valence-electron chi connectivity index (χ0n) is 10.4. The van der Waals surface area contributed by atoms with E-state index >= 15 is 0 Å². The highest BCUT2D eigenvalue weighted by Crippen LogP contribution is 2.16. The predicted octanol–water partition coefficient (Wildman–Crippen LogP) is 2.72. The van der Waals surface area contributed by atoms with E-state index in [0.29, 0.717) is 26.2 Å². The summed E-state index contributed by atoms with van der Waals surface area (Å²) in [6, 6.07) is 0. The van der Waals surface area contributed by atoms with Crippen molar-refractivity contribution in [2.24, 2.45) is 0 Å². The van der Waals surface area contributed by atoms with Crippen molar-refractivity contribution < 1.29 is 14.6 Å². The summed E-state index contributed by atoms with van der Waals surface area (Å²) in [5.74, 6) is -0.981. The Hall–Kier alpha value is -0.120. The maximum Gasteiger partial charge on any atom is 0.162 e. The minimum Gasteiger partial charge on any atom is -0.379 e. The number of ether oxygens (including phenoxy) is 2. The Bertz CT molecular complexity index is 121. The standard InChI is InChI=1S/C12H26O3/c1-4-6-7-8-9-12(3,13)15-11-10-14-5-2/h13H,4-11H2,1-3H3. The van der Waals surface area contributed by atoms with Crippen LogP contribution in [0.25, 0.3) is 0 Å². The summed E-state index contributed by atoms with van der Waals surface area (Å²) in [6.45, 7) is 7.57. The Morgan fingerprint density at radius 3 is 2.40 bits per heavy atom. The average molecular weight is 218 g/mol. The Balaban J connectivity index is 3.40. The molecular weight excluding hydrogens is 192 g/mol. The molecule has 1 N–H and O–H groups in total. The molecule has 0 fully saturated rings. The van der Waals surface area contributed by atoms with E-state index in [-0.39, 0.29) is 0 Å². The lowest BCUT2D eigenvalue weighted by Gasteiger charge is -2.23. The largest absolute Gasteiger partial charge is 0.379 e. The van der Waals surface area contributed by atoms with Gasteiger partial charge < -0.3 is 14.6 Å². The second kappa shape index (κ2) is 9.13. The Kier molecular flexibility index (Phi) is 9.06. The van der Waals surface area contributed by atoms with Gasteiger partial charge in [0.05, 0.1) is 13.2 Å². The van der Waals surface area contributed by atoms with Gasteiger partial charge in [-0.05, 0) is 20.3 Å². The van der Waals surface area contributed by atoms with E-state index in [1.807, 2.05) is 6.92 Å². The van der Waals surface area contributed by atoms with Crippen LogP contribution in [-0.4, -0.2) is 30.7 Å². The first-order valence-electron chi connectivity index (χ1n) is 6.06. The first kappa shape index (κ1) is 14.9. The molecule has 3 nitrogen and oxygen atoms in total. The Labute approximate surface area is 93.8 Å². The summed E-state index contributed by atoms with van der Waals surface area (Å²) in [6.07, 6.45) is 5.35. The van der Waals surface area contributed by atoms with E-state index in [1.165, 1.54) is 19.3 Å². The molecular formula is C12H26O3. The van der Waals surface area contributed by atoms with Gasteiger partial charge in [0.1, 0.15) is 0 Å². The van der Waals surface area contributed by atoms with Crippen LogP contribution in [0.1, 0.15) is 52.9 Å². The normalized spacial score (nSPS) is 15.2. The lowest BCUT2D eigenvalue weighted by molar-refractivity contribution is -0.201. The fraction of sp³-hybridized carbons (Fsp3) is 1.00. The van der Waals surface area contributed by atoms with Crippen LogP contribution in [0.2, 0.25) is 0 Å². The van der Waals surface area contributed by atoms with Crippen LogP contribution < -0.4 is 0 Å². The van der Waals surface area contributed by atoms with E-state index in [9.17, 15) is 5.11 Å². The van der Waals surface area contributed by atoms with Crippen molar-refractivity contribution in [3.05, 3.63) is 0 Å². The molecule has 0 rings (SSSR count). The molecule has 0 amide bonds. The van der Waals surface area contributed by atoms with Gasteiger partial charge in [0.25, 0.3) is 0 Å². The number of hydrogen-bond donors (Lipinski definition) is 1. The molecule has 0 saturated carbocycles. The van der Waals surface area contributed by atoms with Gasteiger partial charge in [0.2, 0.25) is 0 Å². The summed E-state index contributed by atoms with van der Waals surface area (Å²) in [7, 11) is 0. The monoisotopic (exact) mass is 218 g/mol. The number of aliphatic hydroxyl groups is 1. The third kappa shape index (κ3) is 10.2. The molecule has 0 aromatic heterocycles. The zero-order valence-corrected chi connectivity index (χ0v) is 10.4. The molecule has 0 aromatic carbocycles. The van der Waals surface area contributed by atoms with Crippen molar-refractivity contribution in [1.29, 1.82) is 0 Å². The highest BCUT2D eigenvalue weighted by atomic mass is 16.6. The minimum atomic E-state index is -0.981. The molecule has 1 atom stereocenters. The molecule has 0 aliphatic rings. The maximum atomic E-state index is 9.84. The summed E-state index contributed by atoms with van der Waals surface area (Å²) >= 11 is 0. The van der Waals surface area contributed by atoms with Crippen LogP contribution in [0.5, 0.6) is 0 Å². The molecule has 0 aliphatic heterocycles. The summed E-state index contributed by atoms with van der Waals surface area (Å²) in [5, 5.41) is 9.84. The van der Waals surface area contributed by atoms with Crippen molar-refractivity contribution in [3.8, 4) is 0 Å². The molecule has 0 spiro atoms. The van der Waals surface area contributed by atoms with E-state index in [2.05, 4.69) is 6.92 Å². The van der Waals surface area contributed by atoms with E-state index in [0.717, 1.165) is 6.42 Å². The third-order valence-corrected chi connectivity index (χ3v) is 2.34. The number of rotatable bonds is 10. The average Bonchev–Trinajstić information content (AvgIpc) is 2.20. The SMILES string of the molecule is CCCCCCC(C)(O)OCCOCC. The van der Waals surface area contributed by atoms with Crippen LogP contribution >= 0.6 is 0 Å². The number of unbranched alkanes of at least 4 members (excludes halogenated alkanes) is 3. The molecule has 0 bridgehead atoms. The molecule has 3 heteroatoms. The second-order valence-corrected chi connectivity index (χ2v) is 4.03. The maximum absolute atomic E-state index is 9.84. The topological polar surface area (TPSA) is 38.7 Å². The molecule has 0 heterocycles. The zero-order chi connectivity index (χ0) is 11.6. The quantitative estimate of drug-likeness (QED) is 0.452. The Morgan fingerprint density at radius 1 is 1.07 bits per heavy atom. The molecule has 0 radical (unpaired) electrons. The lowest BCUT2D eigenvalue weighted by Crippen LogP contribution is -2.29. The van der Waals surface area contributed by atoms with Gasteiger partial charge in [0.15, 0.2) is 5.79 Å². The van der Waals surface area contributed by atoms with Crippen LogP contribution in [0, 0.1) is 0 Å². The molecule has 92 valence electrons. The highest BCUT2D eigenvalue weighted by Gasteiger charge is 2.19. The summed E-state index contributed by atoms with van der Waals surface area (Å²) in [4.78, 5) is 0. The molecule has 0 aliphatic carbocycles. The van der Waals surface area contributed by atoms with Crippen molar-refractivity contribution in [2.75, 3.05) is 19.8 Å². The predicted molar refractivity (Wildman–Crippen MR) is 61.8 cm³/mol. The van der Waals surface area contributed by atoms with Crippen molar-refractivity contribution >= 4 is 0 Å². The van der Waals surface area contributed by atoms with Crippen LogP contribution in [0.15, 0.2) is 0 Å². The van der Waals surface area contributed by atoms with Crippen molar-refractivity contribution in [2.45, 2.75) is 58.7 Å². The second-order valence-electron chi connectivity index (χ2n) is 4.03. The number of hydrogen-bond acceptors (Lipinski definition) is 3. The molecule has 1 unspecified atom stereocenters. The van der Waals surface area contributed by atoms with Crippen LogP contribution in [0.4, 0.5) is 0 Å². The van der Waals surface area contributed by atoms with Gasteiger partial charge in [-0.2, -0.15) is 0 Å². The summed E-state index contributed by atoms with van der Waals surface area (Å²) in [5.41, 5.74) is 0. The van der Waals surface area contributed by atoms with E-state index < -0.39 is 5.79 Å². The first-order valence-corrected chi connectivity index (χ1v) is 6.06. The van der Waals surface area contributed by atoms with Crippen molar-refractivity contribution in [3.63, 3.8) is 0 Å². The highest BCUT2D eigenvalue weighted by molar-refractivity contribution is 4.60. The summed E-state index contributed by atoms with van der Waals surface area (Å²) < 4.78 is 10.5. The molecule has 15 heavy (non-hydrogen) atoms. The lowest BCUT2D eigenvalue weighted by atomic mass is 10.1. The van der Waals surface area contributed by atoms with Gasteiger partial charge in [-0.3, -0.25) is 0 Å². The van der Waals surface area contributed by atoms with E-state index in [4.69, 9.17) is 9.47 Å². The van der Waals surface area contributed by atoms with Crippen LogP contribution in [-0.2, 0) is 9.47 Å². The van der Waals surface area contributed by atoms with Gasteiger partial charge >= 0.3 is 0 Å². The van der Waals surface area contributed by atoms with E-state index in [1.54, 1.807) is 6.92 Å². The fourth-order valence-corrected chi connectivity index (χ4v) is 1.42. The Morgan fingerprint density at radius 2 is 1.80 bits per heavy atom. The van der Waals surface area contributed by atoms with Gasteiger partial charge in [-0.25, -0.2) is 0 Å². The first-order chi connectivity index (χ1) is 7.12. The van der Waals surface area contributed by atoms with Crippen molar-refractivity contribution in [1.82, 2.24) is 0 Å². The van der Waals surface area contributed by atoms with Crippen LogP contribution in [0.3, 0.4) is 0 Å². The van der Waals surface area contributed by atoms with Gasteiger partial charge in [-0.15, -0.1) is 0 Å². The van der Waals surface area contributed by atoms with Gasteiger partial charge in [-0.1, -0.05) is 26.2 Å². The minimum absolute atomic E-state index is 0.467. The molecule has 0 saturated heterocycles. The van der Waals surface area contributed by atoms with Gasteiger partial charge in [0, 0.05) is 13.0 Å². The third-order valence-electron chi connectivity index (χ3n) is 2.34. The smallest absolute Gasteiger partial charge is 0.162 e. The molecule has 0 aromatic rings.